The molecule has 0 spiro atoms. The number of hydrogen-bond donors (Lipinski definition) is 3. The van der Waals surface area contributed by atoms with Crippen molar-refractivity contribution in [3.05, 3.63) is 65.5 Å². The molecule has 1 heterocycles. The van der Waals surface area contributed by atoms with E-state index in [4.69, 9.17) is 0 Å². The van der Waals surface area contributed by atoms with Crippen molar-refractivity contribution in [2.45, 2.75) is 19.4 Å². The molecule has 7 heteroatoms. The third-order valence-electron chi connectivity index (χ3n) is 4.45. The highest BCUT2D eigenvalue weighted by molar-refractivity contribution is 6.04. The molecule has 0 aliphatic carbocycles. The lowest BCUT2D eigenvalue weighted by Gasteiger charge is -2.21. The van der Waals surface area contributed by atoms with Gasteiger partial charge in [-0.1, -0.05) is 12.1 Å². The maximum Gasteiger partial charge on any atom is 0.255 e. The molecular formula is C20H23ClFN3O2. The molecule has 0 radical (unpaired) electrons. The second kappa shape index (κ2) is 10.0. The van der Waals surface area contributed by atoms with Crippen molar-refractivity contribution in [3.8, 4) is 0 Å². The quantitative estimate of drug-likeness (QED) is 0.733. The summed E-state index contributed by atoms with van der Waals surface area (Å²) in [6, 6.07) is 12.7. The minimum Gasteiger partial charge on any atom is -0.352 e. The van der Waals surface area contributed by atoms with Gasteiger partial charge in [-0.25, -0.2) is 4.39 Å². The Morgan fingerprint density at radius 1 is 1.07 bits per heavy atom. The van der Waals surface area contributed by atoms with Crippen molar-refractivity contribution in [1.29, 1.82) is 0 Å². The van der Waals surface area contributed by atoms with Crippen LogP contribution in [0.5, 0.6) is 0 Å². The van der Waals surface area contributed by atoms with Crippen LogP contribution in [-0.4, -0.2) is 24.9 Å². The van der Waals surface area contributed by atoms with Crippen LogP contribution < -0.4 is 16.0 Å². The number of halogens is 2. The summed E-state index contributed by atoms with van der Waals surface area (Å²) in [7, 11) is 0. The Morgan fingerprint density at radius 3 is 2.41 bits per heavy atom. The number of anilines is 1. The van der Waals surface area contributed by atoms with E-state index in [9.17, 15) is 14.0 Å². The van der Waals surface area contributed by atoms with Crippen LogP contribution in [-0.2, 0) is 11.3 Å². The average molecular weight is 392 g/mol. The molecule has 1 aliphatic heterocycles. The molecule has 1 fully saturated rings. The van der Waals surface area contributed by atoms with Gasteiger partial charge in [0.05, 0.1) is 5.92 Å². The zero-order chi connectivity index (χ0) is 18.4. The third-order valence-corrected chi connectivity index (χ3v) is 4.45. The fourth-order valence-electron chi connectivity index (χ4n) is 2.92. The Balaban J connectivity index is 0.00000261. The molecule has 3 N–H and O–H groups in total. The van der Waals surface area contributed by atoms with E-state index in [0.29, 0.717) is 17.8 Å². The van der Waals surface area contributed by atoms with Gasteiger partial charge in [-0.05, 0) is 61.3 Å². The highest BCUT2D eigenvalue weighted by atomic mass is 35.5. The van der Waals surface area contributed by atoms with E-state index in [0.717, 1.165) is 31.5 Å². The van der Waals surface area contributed by atoms with E-state index in [1.807, 2.05) is 12.1 Å². The highest BCUT2D eigenvalue weighted by Gasteiger charge is 2.20. The molecule has 2 amide bonds. The Hall–Kier alpha value is -2.44. The topological polar surface area (TPSA) is 70.2 Å². The molecule has 27 heavy (non-hydrogen) atoms. The van der Waals surface area contributed by atoms with Crippen molar-refractivity contribution in [1.82, 2.24) is 10.6 Å². The normalized spacial score (nSPS) is 16.1. The van der Waals surface area contributed by atoms with E-state index in [1.165, 1.54) is 24.3 Å². The summed E-state index contributed by atoms with van der Waals surface area (Å²) < 4.78 is 12.9. The minimum absolute atomic E-state index is 0. The van der Waals surface area contributed by atoms with Crippen LogP contribution in [0.4, 0.5) is 10.1 Å². The molecule has 2 aromatic rings. The molecule has 144 valence electrons. The third kappa shape index (κ3) is 6.05. The monoisotopic (exact) mass is 391 g/mol. The Labute approximate surface area is 164 Å². The van der Waals surface area contributed by atoms with Crippen LogP contribution >= 0.6 is 12.4 Å². The summed E-state index contributed by atoms with van der Waals surface area (Å²) >= 11 is 0. The zero-order valence-corrected chi connectivity index (χ0v) is 15.7. The second-order valence-electron chi connectivity index (χ2n) is 6.42. The van der Waals surface area contributed by atoms with Crippen LogP contribution in [0, 0.1) is 11.7 Å². The Kier molecular flexibility index (Phi) is 7.76. The maximum absolute atomic E-state index is 12.9. The summed E-state index contributed by atoms with van der Waals surface area (Å²) in [6.07, 6.45) is 1.94. The van der Waals surface area contributed by atoms with E-state index in [-0.39, 0.29) is 36.0 Å². The first-order chi connectivity index (χ1) is 12.6. The average Bonchev–Trinajstić information content (AvgIpc) is 2.69. The summed E-state index contributed by atoms with van der Waals surface area (Å²) in [5.74, 6) is -0.515. The van der Waals surface area contributed by atoms with Crippen LogP contribution in [0.3, 0.4) is 0 Å². The van der Waals surface area contributed by atoms with Gasteiger partial charge in [-0.3, -0.25) is 9.59 Å². The van der Waals surface area contributed by atoms with Gasteiger partial charge in [0, 0.05) is 24.3 Å². The Morgan fingerprint density at radius 2 is 1.78 bits per heavy atom. The number of carbonyl (C=O) groups excluding carboxylic acids is 2. The fraction of sp³-hybridized carbons (Fsp3) is 0.300. The molecule has 0 bridgehead atoms. The maximum atomic E-state index is 12.9. The number of nitrogens with one attached hydrogen (secondary N) is 3. The van der Waals surface area contributed by atoms with Crippen LogP contribution in [0.1, 0.15) is 28.8 Å². The number of amides is 2. The van der Waals surface area contributed by atoms with Crippen molar-refractivity contribution in [2.24, 2.45) is 5.92 Å². The standard InChI is InChI=1S/C20H22FN3O2.ClH/c21-17-7-9-18(10-8-17)24-20(26)15-5-3-14(4-6-15)12-23-19(25)16-2-1-11-22-13-16;/h3-10,16,22H,1-2,11-13H2,(H,23,25)(H,24,26);1H. The van der Waals surface area contributed by atoms with E-state index >= 15 is 0 Å². The minimum atomic E-state index is -0.349. The predicted octanol–water partition coefficient (Wildman–Crippen LogP) is 3.12. The lowest BCUT2D eigenvalue weighted by Crippen LogP contribution is -2.40. The van der Waals surface area contributed by atoms with E-state index in [2.05, 4.69) is 16.0 Å². The van der Waals surface area contributed by atoms with Gasteiger partial charge < -0.3 is 16.0 Å². The number of carbonyl (C=O) groups is 2. The largest absolute Gasteiger partial charge is 0.352 e. The molecule has 2 aromatic carbocycles. The molecule has 0 aromatic heterocycles. The number of hydrogen-bond acceptors (Lipinski definition) is 3. The molecule has 1 unspecified atom stereocenters. The molecule has 5 nitrogen and oxygen atoms in total. The molecule has 1 aliphatic rings. The first-order valence-corrected chi connectivity index (χ1v) is 8.76. The van der Waals surface area contributed by atoms with Gasteiger partial charge in [-0.2, -0.15) is 0 Å². The lowest BCUT2D eigenvalue weighted by molar-refractivity contribution is -0.125. The molecule has 3 rings (SSSR count). The molecule has 1 saturated heterocycles. The van der Waals surface area contributed by atoms with Crippen molar-refractivity contribution in [3.63, 3.8) is 0 Å². The van der Waals surface area contributed by atoms with Gasteiger partial charge in [0.25, 0.3) is 5.91 Å². The lowest BCUT2D eigenvalue weighted by atomic mass is 9.99. The van der Waals surface area contributed by atoms with Crippen molar-refractivity contribution >= 4 is 29.9 Å². The zero-order valence-electron chi connectivity index (χ0n) is 14.8. The van der Waals surface area contributed by atoms with Gasteiger partial charge in [-0.15, -0.1) is 12.4 Å². The molecule has 1 atom stereocenters. The van der Waals surface area contributed by atoms with Crippen molar-refractivity contribution < 1.29 is 14.0 Å². The summed E-state index contributed by atoms with van der Waals surface area (Å²) in [5, 5.41) is 8.89. The van der Waals surface area contributed by atoms with Crippen LogP contribution in [0.15, 0.2) is 48.5 Å². The predicted molar refractivity (Wildman–Crippen MR) is 105 cm³/mol. The van der Waals surface area contributed by atoms with Gasteiger partial charge in [0.1, 0.15) is 5.82 Å². The Bertz CT molecular complexity index is 760. The number of rotatable bonds is 5. The first kappa shape index (κ1) is 20.9. The summed E-state index contributed by atoms with van der Waals surface area (Å²) in [4.78, 5) is 24.3. The van der Waals surface area contributed by atoms with Crippen LogP contribution in [0.25, 0.3) is 0 Å². The number of piperidine rings is 1. The second-order valence-corrected chi connectivity index (χ2v) is 6.42. The van der Waals surface area contributed by atoms with E-state index in [1.54, 1.807) is 12.1 Å². The smallest absolute Gasteiger partial charge is 0.255 e. The van der Waals surface area contributed by atoms with Crippen LogP contribution in [0.2, 0.25) is 0 Å². The highest BCUT2D eigenvalue weighted by Crippen LogP contribution is 2.13. The van der Waals surface area contributed by atoms with Crippen molar-refractivity contribution in [2.75, 3.05) is 18.4 Å². The molecule has 0 saturated carbocycles. The van der Waals surface area contributed by atoms with Gasteiger partial charge in [0.15, 0.2) is 0 Å². The summed E-state index contributed by atoms with van der Waals surface area (Å²) in [6.45, 7) is 2.15. The molecular weight excluding hydrogens is 369 g/mol. The van der Waals surface area contributed by atoms with Gasteiger partial charge >= 0.3 is 0 Å². The first-order valence-electron chi connectivity index (χ1n) is 8.76. The fourth-order valence-corrected chi connectivity index (χ4v) is 2.92. The summed E-state index contributed by atoms with van der Waals surface area (Å²) in [5.41, 5.74) is 1.97. The van der Waals surface area contributed by atoms with E-state index < -0.39 is 0 Å². The number of benzene rings is 2. The SMILES string of the molecule is Cl.O=C(Nc1ccc(F)cc1)c1ccc(CNC(=O)C2CCCNC2)cc1. The van der Waals surface area contributed by atoms with Gasteiger partial charge in [0.2, 0.25) is 5.91 Å².